The number of likely N-dealkylation sites (tertiary alicyclic amines) is 1. The number of aliphatic hydroxyl groups excluding tert-OH is 1. The van der Waals surface area contributed by atoms with Crippen molar-refractivity contribution in [2.75, 3.05) is 6.54 Å². The molecule has 152 valence electrons. The Morgan fingerprint density at radius 2 is 1.83 bits per heavy atom. The molecule has 0 aromatic heterocycles. The minimum atomic E-state index is -0.718. The largest absolute Gasteiger partial charge is 0.508 e. The van der Waals surface area contributed by atoms with Crippen LogP contribution in [0.4, 0.5) is 0 Å². The molecule has 1 heterocycles. The third-order valence-corrected chi connectivity index (χ3v) is 4.69. The molecule has 1 atom stereocenters. The SMILES string of the molecule is CCCN1C(=O)C(=O)/C(=C(\O)c2cccc(OC(C)C)c2)C1c1ccc(O)cc1. The van der Waals surface area contributed by atoms with E-state index in [1.807, 2.05) is 20.8 Å². The molecule has 29 heavy (non-hydrogen) atoms. The van der Waals surface area contributed by atoms with Crippen molar-refractivity contribution in [1.29, 1.82) is 0 Å². The second kappa shape index (κ2) is 8.39. The first kappa shape index (κ1) is 20.5. The third-order valence-electron chi connectivity index (χ3n) is 4.69. The van der Waals surface area contributed by atoms with Crippen molar-refractivity contribution < 1.29 is 24.5 Å². The molecule has 1 unspecified atom stereocenters. The van der Waals surface area contributed by atoms with E-state index in [9.17, 15) is 19.8 Å². The molecule has 0 radical (unpaired) electrons. The van der Waals surface area contributed by atoms with Gasteiger partial charge in [0.15, 0.2) is 0 Å². The highest BCUT2D eigenvalue weighted by Gasteiger charge is 2.45. The van der Waals surface area contributed by atoms with Crippen LogP contribution in [0.3, 0.4) is 0 Å². The Bertz CT molecular complexity index is 946. The van der Waals surface area contributed by atoms with Crippen LogP contribution in [0.15, 0.2) is 54.1 Å². The average molecular weight is 395 g/mol. The van der Waals surface area contributed by atoms with E-state index in [1.165, 1.54) is 17.0 Å². The van der Waals surface area contributed by atoms with Gasteiger partial charge in [-0.25, -0.2) is 0 Å². The Hall–Kier alpha value is -3.28. The lowest BCUT2D eigenvalue weighted by atomic mass is 9.95. The van der Waals surface area contributed by atoms with Gasteiger partial charge >= 0.3 is 0 Å². The van der Waals surface area contributed by atoms with E-state index >= 15 is 0 Å². The van der Waals surface area contributed by atoms with Crippen molar-refractivity contribution in [3.63, 3.8) is 0 Å². The second-order valence-corrected chi connectivity index (χ2v) is 7.28. The van der Waals surface area contributed by atoms with E-state index < -0.39 is 17.7 Å². The summed E-state index contributed by atoms with van der Waals surface area (Å²) in [5.74, 6) is -0.952. The van der Waals surface area contributed by atoms with Crippen LogP contribution < -0.4 is 4.74 Å². The van der Waals surface area contributed by atoms with Gasteiger partial charge in [-0.1, -0.05) is 31.2 Å². The molecule has 1 fully saturated rings. The number of hydrogen-bond acceptors (Lipinski definition) is 5. The third kappa shape index (κ3) is 4.11. The molecule has 1 amide bonds. The molecule has 0 bridgehead atoms. The molecule has 3 rings (SSSR count). The number of ether oxygens (including phenoxy) is 1. The van der Waals surface area contributed by atoms with Crippen LogP contribution in [0.25, 0.3) is 5.76 Å². The maximum Gasteiger partial charge on any atom is 0.295 e. The predicted octanol–water partition coefficient (Wildman–Crippen LogP) is 4.01. The molecule has 6 nitrogen and oxygen atoms in total. The Morgan fingerprint density at radius 1 is 1.14 bits per heavy atom. The summed E-state index contributed by atoms with van der Waals surface area (Å²) in [6.45, 7) is 6.09. The van der Waals surface area contributed by atoms with Crippen molar-refractivity contribution in [2.45, 2.75) is 39.3 Å². The molecule has 1 aliphatic heterocycles. The van der Waals surface area contributed by atoms with Crippen LogP contribution in [0, 0.1) is 0 Å². The fraction of sp³-hybridized carbons (Fsp3) is 0.304. The molecule has 0 saturated carbocycles. The summed E-state index contributed by atoms with van der Waals surface area (Å²) in [4.78, 5) is 27.0. The lowest BCUT2D eigenvalue weighted by Crippen LogP contribution is -2.30. The Morgan fingerprint density at radius 3 is 2.45 bits per heavy atom. The highest BCUT2D eigenvalue weighted by molar-refractivity contribution is 6.46. The van der Waals surface area contributed by atoms with Gasteiger partial charge in [0.2, 0.25) is 0 Å². The van der Waals surface area contributed by atoms with Crippen LogP contribution >= 0.6 is 0 Å². The maximum atomic E-state index is 12.8. The summed E-state index contributed by atoms with van der Waals surface area (Å²) in [5, 5.41) is 20.6. The second-order valence-electron chi connectivity index (χ2n) is 7.28. The maximum absolute atomic E-state index is 12.8. The van der Waals surface area contributed by atoms with Gasteiger partial charge in [-0.2, -0.15) is 0 Å². The van der Waals surface area contributed by atoms with Crippen molar-refractivity contribution in [3.05, 3.63) is 65.2 Å². The van der Waals surface area contributed by atoms with Crippen LogP contribution in [0.5, 0.6) is 11.5 Å². The van der Waals surface area contributed by atoms with E-state index in [2.05, 4.69) is 0 Å². The normalized spacial score (nSPS) is 18.5. The van der Waals surface area contributed by atoms with Gasteiger partial charge in [0.1, 0.15) is 17.3 Å². The molecule has 2 aromatic rings. The quantitative estimate of drug-likeness (QED) is 0.438. The first-order chi connectivity index (χ1) is 13.8. The number of ketones is 1. The van der Waals surface area contributed by atoms with Gasteiger partial charge in [0.25, 0.3) is 11.7 Å². The number of phenols is 1. The summed E-state index contributed by atoms with van der Waals surface area (Å²) in [7, 11) is 0. The van der Waals surface area contributed by atoms with Crippen molar-refractivity contribution in [3.8, 4) is 11.5 Å². The summed E-state index contributed by atoms with van der Waals surface area (Å²) in [6, 6.07) is 12.4. The standard InChI is InChI=1S/C23H25NO5/c1-4-12-24-20(15-8-10-17(25)11-9-15)19(22(27)23(24)28)21(26)16-6-5-7-18(13-16)29-14(2)3/h5-11,13-14,20,25-26H,4,12H2,1-3H3/b21-19-. The highest BCUT2D eigenvalue weighted by atomic mass is 16.5. The zero-order chi connectivity index (χ0) is 21.1. The van der Waals surface area contributed by atoms with E-state index in [1.54, 1.807) is 36.4 Å². The number of hydrogen-bond donors (Lipinski definition) is 2. The summed E-state index contributed by atoms with van der Waals surface area (Å²) < 4.78 is 5.68. The number of carbonyl (C=O) groups excluding carboxylic acids is 2. The average Bonchev–Trinajstić information content (AvgIpc) is 2.93. The van der Waals surface area contributed by atoms with Gasteiger partial charge in [0.05, 0.1) is 17.7 Å². The van der Waals surface area contributed by atoms with E-state index in [0.717, 1.165) is 0 Å². The van der Waals surface area contributed by atoms with Crippen molar-refractivity contribution in [2.24, 2.45) is 0 Å². The molecular formula is C23H25NO5. The number of aliphatic hydroxyl groups is 1. The Balaban J connectivity index is 2.13. The Labute approximate surface area is 170 Å². The van der Waals surface area contributed by atoms with Gasteiger partial charge in [0, 0.05) is 12.1 Å². The molecule has 2 aromatic carbocycles. The zero-order valence-corrected chi connectivity index (χ0v) is 16.8. The van der Waals surface area contributed by atoms with E-state index in [0.29, 0.717) is 29.8 Å². The predicted molar refractivity (Wildman–Crippen MR) is 110 cm³/mol. The number of rotatable bonds is 6. The van der Waals surface area contributed by atoms with Crippen LogP contribution in [0.2, 0.25) is 0 Å². The molecule has 0 aliphatic carbocycles. The monoisotopic (exact) mass is 395 g/mol. The fourth-order valence-corrected chi connectivity index (χ4v) is 3.50. The van der Waals surface area contributed by atoms with E-state index in [4.69, 9.17) is 4.74 Å². The van der Waals surface area contributed by atoms with Gasteiger partial charge in [-0.15, -0.1) is 0 Å². The molecule has 2 N–H and O–H groups in total. The van der Waals surface area contributed by atoms with E-state index in [-0.39, 0.29) is 23.2 Å². The number of benzene rings is 2. The highest BCUT2D eigenvalue weighted by Crippen LogP contribution is 2.40. The number of phenolic OH excluding ortho intramolecular Hbond substituents is 1. The lowest BCUT2D eigenvalue weighted by Gasteiger charge is -2.25. The summed E-state index contributed by atoms with van der Waals surface area (Å²) in [6.07, 6.45) is 0.624. The minimum Gasteiger partial charge on any atom is -0.508 e. The first-order valence-corrected chi connectivity index (χ1v) is 9.68. The van der Waals surface area contributed by atoms with Crippen molar-refractivity contribution >= 4 is 17.4 Å². The minimum absolute atomic E-state index is 0.0378. The number of Topliss-reactive ketones (excluding diaryl/α,β-unsaturated/α-hetero) is 1. The first-order valence-electron chi connectivity index (χ1n) is 9.68. The fourth-order valence-electron chi connectivity index (χ4n) is 3.50. The van der Waals surface area contributed by atoms with Crippen LogP contribution in [-0.2, 0) is 9.59 Å². The Kier molecular flexibility index (Phi) is 5.92. The van der Waals surface area contributed by atoms with Gasteiger partial charge in [-0.05, 0) is 50.1 Å². The number of aromatic hydroxyl groups is 1. The molecular weight excluding hydrogens is 370 g/mol. The molecule has 1 aliphatic rings. The number of nitrogens with zero attached hydrogens (tertiary/aromatic N) is 1. The molecule has 6 heteroatoms. The smallest absolute Gasteiger partial charge is 0.295 e. The summed E-state index contributed by atoms with van der Waals surface area (Å²) >= 11 is 0. The topological polar surface area (TPSA) is 87.1 Å². The zero-order valence-electron chi connectivity index (χ0n) is 16.8. The van der Waals surface area contributed by atoms with Gasteiger partial charge < -0.3 is 19.8 Å². The van der Waals surface area contributed by atoms with Crippen molar-refractivity contribution in [1.82, 2.24) is 4.90 Å². The molecule has 1 saturated heterocycles. The van der Waals surface area contributed by atoms with Gasteiger partial charge in [-0.3, -0.25) is 9.59 Å². The number of carbonyl (C=O) groups is 2. The van der Waals surface area contributed by atoms with Crippen LogP contribution in [-0.4, -0.2) is 39.5 Å². The molecule has 0 spiro atoms. The summed E-state index contributed by atoms with van der Waals surface area (Å²) in [5.41, 5.74) is 1.09. The number of amides is 1. The lowest BCUT2D eigenvalue weighted by molar-refractivity contribution is -0.139. The van der Waals surface area contributed by atoms with Crippen LogP contribution in [0.1, 0.15) is 44.4 Å².